The molecule has 2 aliphatic rings. The lowest BCUT2D eigenvalue weighted by Gasteiger charge is -2.28. The number of nitriles is 1. The number of sulfone groups is 1. The van der Waals surface area contributed by atoms with E-state index in [0.717, 1.165) is 17.5 Å². The average molecular weight is 364 g/mol. The summed E-state index contributed by atoms with van der Waals surface area (Å²) in [5.41, 5.74) is 0.429. The van der Waals surface area contributed by atoms with Crippen molar-refractivity contribution in [2.75, 3.05) is 11.5 Å². The Balaban J connectivity index is 1.87. The Morgan fingerprint density at radius 3 is 2.52 bits per heavy atom. The summed E-state index contributed by atoms with van der Waals surface area (Å²) in [6.07, 6.45) is 2.13. The molecule has 1 saturated carbocycles. The second-order valence-electron chi connectivity index (χ2n) is 6.75. The van der Waals surface area contributed by atoms with Crippen molar-refractivity contribution in [3.05, 3.63) is 27.2 Å². The smallest absolute Gasteiger partial charge is 0.285 e. The van der Waals surface area contributed by atoms with Crippen LogP contribution in [0.4, 0.5) is 0 Å². The summed E-state index contributed by atoms with van der Waals surface area (Å²) >= 11 is 0. The number of hydrogen-bond donors (Lipinski definition) is 0. The lowest BCUT2D eigenvalue weighted by Crippen LogP contribution is -2.46. The van der Waals surface area contributed by atoms with Crippen molar-refractivity contribution in [2.45, 2.75) is 51.7 Å². The molecule has 0 N–H and O–H groups in total. The summed E-state index contributed by atoms with van der Waals surface area (Å²) in [4.78, 5) is 26.8. The molecule has 25 heavy (non-hydrogen) atoms. The SMILES string of the molecule is Cc1nn(CC(=O)N(C2CC2)[C@@H]2CCS(=O)(=O)C2)c(=O)c(C#N)c1C. The van der Waals surface area contributed by atoms with Crippen LogP contribution in [0.15, 0.2) is 4.79 Å². The van der Waals surface area contributed by atoms with Gasteiger partial charge in [0, 0.05) is 12.1 Å². The zero-order valence-corrected chi connectivity index (χ0v) is 15.0. The molecule has 134 valence electrons. The largest absolute Gasteiger partial charge is 0.334 e. The molecule has 0 aromatic carbocycles. The predicted octanol–water partition coefficient (Wildman–Crippen LogP) is -0.0901. The van der Waals surface area contributed by atoms with E-state index in [2.05, 4.69) is 5.10 Å². The molecule has 0 spiro atoms. The van der Waals surface area contributed by atoms with Gasteiger partial charge in [0.05, 0.1) is 17.2 Å². The number of carbonyl (C=O) groups is 1. The number of amides is 1. The fourth-order valence-electron chi connectivity index (χ4n) is 3.27. The molecule has 1 saturated heterocycles. The Bertz CT molecular complexity index is 925. The first-order chi connectivity index (χ1) is 11.7. The van der Waals surface area contributed by atoms with Crippen LogP contribution < -0.4 is 5.56 Å². The number of nitrogens with zero attached hydrogens (tertiary/aromatic N) is 4. The molecule has 1 aromatic heterocycles. The second-order valence-corrected chi connectivity index (χ2v) is 8.98. The van der Waals surface area contributed by atoms with Crippen LogP contribution in [0.25, 0.3) is 0 Å². The van der Waals surface area contributed by atoms with Crippen LogP contribution in [0.2, 0.25) is 0 Å². The first kappa shape index (κ1) is 17.6. The molecule has 1 aliphatic carbocycles. The molecule has 1 amide bonds. The molecule has 0 bridgehead atoms. The Hall–Kier alpha value is -2.21. The van der Waals surface area contributed by atoms with E-state index < -0.39 is 15.4 Å². The van der Waals surface area contributed by atoms with Gasteiger partial charge < -0.3 is 4.90 Å². The second kappa shape index (κ2) is 6.26. The third kappa shape index (κ3) is 3.44. The van der Waals surface area contributed by atoms with Crippen LogP contribution in [0.3, 0.4) is 0 Å². The number of aryl methyl sites for hydroxylation is 1. The molecule has 3 rings (SSSR count). The maximum Gasteiger partial charge on any atom is 0.285 e. The van der Waals surface area contributed by atoms with E-state index in [1.165, 1.54) is 0 Å². The topological polar surface area (TPSA) is 113 Å². The fourth-order valence-corrected chi connectivity index (χ4v) is 4.98. The minimum absolute atomic E-state index is 0.0123. The molecule has 1 aromatic rings. The Morgan fingerprint density at radius 2 is 2.00 bits per heavy atom. The summed E-state index contributed by atoms with van der Waals surface area (Å²) in [7, 11) is -3.10. The van der Waals surface area contributed by atoms with Gasteiger partial charge in [-0.15, -0.1) is 0 Å². The molecule has 1 atom stereocenters. The molecule has 2 heterocycles. The van der Waals surface area contributed by atoms with Gasteiger partial charge in [-0.1, -0.05) is 0 Å². The van der Waals surface area contributed by atoms with Crippen molar-refractivity contribution < 1.29 is 13.2 Å². The quantitative estimate of drug-likeness (QED) is 0.738. The number of aromatic nitrogens is 2. The number of rotatable bonds is 4. The fraction of sp³-hybridized carbons (Fsp3) is 0.625. The zero-order chi connectivity index (χ0) is 18.4. The van der Waals surface area contributed by atoms with Crippen molar-refractivity contribution in [1.29, 1.82) is 5.26 Å². The third-order valence-corrected chi connectivity index (χ3v) is 6.61. The van der Waals surface area contributed by atoms with Crippen LogP contribution in [0.5, 0.6) is 0 Å². The minimum atomic E-state index is -3.10. The van der Waals surface area contributed by atoms with Gasteiger partial charge in [-0.25, -0.2) is 13.1 Å². The summed E-state index contributed by atoms with van der Waals surface area (Å²) < 4.78 is 24.5. The van der Waals surface area contributed by atoms with Crippen LogP contribution in [-0.4, -0.2) is 52.6 Å². The highest BCUT2D eigenvalue weighted by Crippen LogP contribution is 2.32. The normalized spacial score (nSPS) is 21.7. The van der Waals surface area contributed by atoms with E-state index in [9.17, 15) is 18.0 Å². The van der Waals surface area contributed by atoms with Crippen LogP contribution in [-0.2, 0) is 21.2 Å². The van der Waals surface area contributed by atoms with E-state index in [1.807, 2.05) is 6.07 Å². The first-order valence-corrected chi connectivity index (χ1v) is 10.1. The van der Waals surface area contributed by atoms with Crippen molar-refractivity contribution in [1.82, 2.24) is 14.7 Å². The molecular weight excluding hydrogens is 344 g/mol. The summed E-state index contributed by atoms with van der Waals surface area (Å²) in [6.45, 7) is 3.05. The van der Waals surface area contributed by atoms with Gasteiger partial charge in [-0.2, -0.15) is 10.4 Å². The van der Waals surface area contributed by atoms with E-state index in [1.54, 1.807) is 18.7 Å². The first-order valence-electron chi connectivity index (χ1n) is 8.23. The van der Waals surface area contributed by atoms with Gasteiger partial charge in [-0.3, -0.25) is 9.59 Å². The Labute approximate surface area is 146 Å². The number of hydrogen-bond acceptors (Lipinski definition) is 6. The van der Waals surface area contributed by atoms with E-state index in [4.69, 9.17) is 5.26 Å². The van der Waals surface area contributed by atoms with Crippen molar-refractivity contribution in [3.8, 4) is 6.07 Å². The van der Waals surface area contributed by atoms with Crippen LogP contribution in [0, 0.1) is 25.2 Å². The molecule has 1 aliphatic heterocycles. The maximum absolute atomic E-state index is 12.8. The molecule has 9 heteroatoms. The maximum atomic E-state index is 12.8. The summed E-state index contributed by atoms with van der Waals surface area (Å²) in [5.74, 6) is -0.242. The highest BCUT2D eigenvalue weighted by atomic mass is 32.2. The van der Waals surface area contributed by atoms with Gasteiger partial charge in [0.1, 0.15) is 18.2 Å². The molecule has 0 radical (unpaired) electrons. The lowest BCUT2D eigenvalue weighted by atomic mass is 10.1. The number of carbonyl (C=O) groups excluding carboxylic acids is 1. The highest BCUT2D eigenvalue weighted by molar-refractivity contribution is 7.91. The molecule has 0 unspecified atom stereocenters. The Kier molecular flexibility index (Phi) is 4.41. The molecule has 2 fully saturated rings. The van der Waals surface area contributed by atoms with Gasteiger partial charge in [-0.05, 0) is 38.7 Å². The third-order valence-electron chi connectivity index (χ3n) is 4.86. The highest BCUT2D eigenvalue weighted by Gasteiger charge is 2.42. The lowest BCUT2D eigenvalue weighted by molar-refractivity contribution is -0.134. The van der Waals surface area contributed by atoms with Crippen LogP contribution >= 0.6 is 0 Å². The standard InChI is InChI=1S/C16H20N4O4S/c1-10-11(2)18-19(16(22)14(10)7-17)8-15(21)20(12-3-4-12)13-5-6-25(23,24)9-13/h12-13H,3-6,8-9H2,1-2H3/t13-/m1/s1. The molecule has 8 nitrogen and oxygen atoms in total. The van der Waals surface area contributed by atoms with Gasteiger partial charge >= 0.3 is 0 Å². The minimum Gasteiger partial charge on any atom is -0.334 e. The van der Waals surface area contributed by atoms with Crippen LogP contribution in [0.1, 0.15) is 36.1 Å². The predicted molar refractivity (Wildman–Crippen MR) is 89.6 cm³/mol. The average Bonchev–Trinajstić information content (AvgIpc) is 3.29. The van der Waals surface area contributed by atoms with E-state index in [0.29, 0.717) is 17.7 Å². The van der Waals surface area contributed by atoms with E-state index in [-0.39, 0.29) is 41.6 Å². The zero-order valence-electron chi connectivity index (χ0n) is 14.2. The van der Waals surface area contributed by atoms with Gasteiger partial charge in [0.15, 0.2) is 9.84 Å². The monoisotopic (exact) mass is 364 g/mol. The van der Waals surface area contributed by atoms with Crippen molar-refractivity contribution in [3.63, 3.8) is 0 Å². The van der Waals surface area contributed by atoms with Crippen molar-refractivity contribution >= 4 is 15.7 Å². The van der Waals surface area contributed by atoms with Gasteiger partial charge in [0.25, 0.3) is 5.56 Å². The summed E-state index contributed by atoms with van der Waals surface area (Å²) in [5, 5.41) is 13.3. The molecular formula is C16H20N4O4S. The van der Waals surface area contributed by atoms with Crippen molar-refractivity contribution in [2.24, 2.45) is 0 Å². The Morgan fingerprint density at radius 1 is 1.32 bits per heavy atom. The summed E-state index contributed by atoms with van der Waals surface area (Å²) in [6, 6.07) is 1.58. The van der Waals surface area contributed by atoms with Gasteiger partial charge in [0.2, 0.25) is 5.91 Å². The van der Waals surface area contributed by atoms with E-state index >= 15 is 0 Å².